The van der Waals surface area contributed by atoms with Crippen molar-refractivity contribution in [2.45, 2.75) is 108 Å². The zero-order chi connectivity index (χ0) is 38.4. The number of fused-ring (bicyclic) bond motifs is 1. The molecule has 16 heteroatoms. The molecule has 5 aliphatic rings. The first-order valence-electron chi connectivity index (χ1n) is 17.8. The number of rotatable bonds is 6. The lowest BCUT2D eigenvalue weighted by Crippen LogP contribution is -2.66. The van der Waals surface area contributed by atoms with Gasteiger partial charge in [-0.2, -0.15) is 13.2 Å². The van der Waals surface area contributed by atoms with Crippen molar-refractivity contribution < 1.29 is 31.9 Å². The lowest BCUT2D eigenvalue weighted by molar-refractivity contribution is -0.193. The number of amidine groups is 1. The Labute approximate surface area is 319 Å². The van der Waals surface area contributed by atoms with Crippen LogP contribution in [-0.2, 0) is 19.9 Å². The largest absolute Gasteiger partial charge is 0.471 e. The lowest BCUT2D eigenvalue weighted by atomic mass is 9.81. The standard InChI is InChI=1S/C37H40Cl2F4N6O3S/c1-6-23-17-47(33(52)37(41,42)43)36(13-14-36)18-46(23)31(50)26-11-7-20(4)48(26)32(51)29-28(19(2)3)49-30(21-8-10-24(38)25(40)15-21)35(5,45-34(49)53-29)22-9-12-27(39)44-16-22/h8-10,12,15-16,19-20,23,26,30H,6-7,11,13-14,17-18H2,1-5H3/t20-,23+,26+,30-,35+/m1/s1. The van der Waals surface area contributed by atoms with Crippen molar-refractivity contribution >= 4 is 57.9 Å². The lowest BCUT2D eigenvalue weighted by Gasteiger charge is -2.48. The topological polar surface area (TPSA) is 89.4 Å². The summed E-state index contributed by atoms with van der Waals surface area (Å²) in [5.41, 5.74) is -0.0284. The molecule has 284 valence electrons. The molecule has 1 saturated carbocycles. The van der Waals surface area contributed by atoms with Crippen molar-refractivity contribution in [3.8, 4) is 0 Å². The average molecular weight is 796 g/mol. The summed E-state index contributed by atoms with van der Waals surface area (Å²) in [6.45, 7) is 9.31. The maximum atomic E-state index is 15.1. The van der Waals surface area contributed by atoms with Gasteiger partial charge in [-0.15, -0.1) is 0 Å². The van der Waals surface area contributed by atoms with Crippen molar-refractivity contribution in [3.63, 3.8) is 0 Å². The summed E-state index contributed by atoms with van der Waals surface area (Å²) in [5.74, 6) is -3.32. The van der Waals surface area contributed by atoms with Crippen molar-refractivity contribution in [1.29, 1.82) is 0 Å². The quantitative estimate of drug-likeness (QED) is 0.220. The van der Waals surface area contributed by atoms with Crippen LogP contribution in [0.15, 0.2) is 52.1 Å². The molecule has 53 heavy (non-hydrogen) atoms. The number of thioether (sulfide) groups is 1. The Kier molecular flexibility index (Phi) is 9.62. The van der Waals surface area contributed by atoms with E-state index in [0.29, 0.717) is 58.6 Å². The monoisotopic (exact) mass is 794 g/mol. The van der Waals surface area contributed by atoms with Gasteiger partial charge >= 0.3 is 12.1 Å². The van der Waals surface area contributed by atoms with E-state index in [1.807, 2.05) is 38.7 Å². The third-order valence-electron chi connectivity index (χ3n) is 11.5. The number of hydrogen-bond acceptors (Lipinski definition) is 7. The van der Waals surface area contributed by atoms with Crippen LogP contribution in [0.25, 0.3) is 0 Å². The van der Waals surface area contributed by atoms with Crippen LogP contribution in [0, 0.1) is 11.7 Å². The number of nitrogens with zero attached hydrogens (tertiary/aromatic N) is 6. The highest BCUT2D eigenvalue weighted by Crippen LogP contribution is 2.57. The molecule has 5 heterocycles. The Morgan fingerprint density at radius 3 is 2.40 bits per heavy atom. The maximum absolute atomic E-state index is 15.1. The number of amides is 3. The van der Waals surface area contributed by atoms with E-state index in [0.717, 1.165) is 10.5 Å². The zero-order valence-electron chi connectivity index (χ0n) is 29.9. The van der Waals surface area contributed by atoms with E-state index in [1.54, 1.807) is 35.1 Å². The normalized spacial score (nSPS) is 28.0. The molecular formula is C37H40Cl2F4N6O3S. The molecule has 0 unspecified atom stereocenters. The van der Waals surface area contributed by atoms with Gasteiger partial charge in [0.05, 0.1) is 16.6 Å². The van der Waals surface area contributed by atoms with E-state index < -0.39 is 47.1 Å². The van der Waals surface area contributed by atoms with E-state index >= 15 is 4.39 Å². The molecule has 4 aliphatic heterocycles. The minimum atomic E-state index is -5.01. The van der Waals surface area contributed by atoms with E-state index in [2.05, 4.69) is 4.98 Å². The molecule has 1 spiro atoms. The second-order valence-corrected chi connectivity index (χ2v) is 16.9. The average Bonchev–Trinajstić information content (AvgIpc) is 3.46. The van der Waals surface area contributed by atoms with Crippen molar-refractivity contribution in [2.75, 3.05) is 13.1 Å². The number of aliphatic imine (C=N–C) groups is 1. The van der Waals surface area contributed by atoms with Gasteiger partial charge in [-0.3, -0.25) is 14.4 Å². The van der Waals surface area contributed by atoms with Gasteiger partial charge in [-0.25, -0.2) is 14.4 Å². The van der Waals surface area contributed by atoms with Crippen LogP contribution in [-0.4, -0.2) is 90.4 Å². The Balaban J connectivity index is 1.23. The van der Waals surface area contributed by atoms with Gasteiger partial charge < -0.3 is 19.6 Å². The summed E-state index contributed by atoms with van der Waals surface area (Å²) in [5, 5.41) is 0.816. The second kappa shape index (κ2) is 13.4. The fraction of sp³-hybridized carbons (Fsp3) is 0.541. The third-order valence-corrected chi connectivity index (χ3v) is 13.0. The minimum absolute atomic E-state index is 0.00415. The highest BCUT2D eigenvalue weighted by Gasteiger charge is 2.61. The maximum Gasteiger partial charge on any atom is 0.471 e. The van der Waals surface area contributed by atoms with E-state index in [1.165, 1.54) is 23.9 Å². The van der Waals surface area contributed by atoms with Gasteiger partial charge in [0.15, 0.2) is 5.17 Å². The number of allylic oxidation sites excluding steroid dienone is 1. The molecule has 0 N–H and O–H groups in total. The molecular weight excluding hydrogens is 755 g/mol. The van der Waals surface area contributed by atoms with Crippen molar-refractivity contribution in [2.24, 2.45) is 10.9 Å². The Morgan fingerprint density at radius 1 is 1.09 bits per heavy atom. The van der Waals surface area contributed by atoms with Crippen LogP contribution in [0.5, 0.6) is 0 Å². The zero-order valence-corrected chi connectivity index (χ0v) is 32.2. The molecule has 7 rings (SSSR count). The number of piperazine rings is 1. The first-order valence-corrected chi connectivity index (χ1v) is 19.4. The van der Waals surface area contributed by atoms with Crippen LogP contribution in [0.2, 0.25) is 10.2 Å². The number of alkyl halides is 3. The minimum Gasteiger partial charge on any atom is -0.334 e. The second-order valence-electron chi connectivity index (χ2n) is 15.1. The number of pyridine rings is 1. The molecule has 0 bridgehead atoms. The Bertz CT molecular complexity index is 1920. The van der Waals surface area contributed by atoms with Crippen molar-refractivity contribution in [1.82, 2.24) is 24.6 Å². The fourth-order valence-corrected chi connectivity index (χ4v) is 10.1. The number of halogens is 6. The van der Waals surface area contributed by atoms with E-state index in [-0.39, 0.29) is 41.9 Å². The molecule has 3 fully saturated rings. The van der Waals surface area contributed by atoms with Gasteiger partial charge in [-0.05, 0) is 87.4 Å². The molecule has 5 atom stereocenters. The van der Waals surface area contributed by atoms with Crippen molar-refractivity contribution in [3.05, 3.63) is 74.3 Å². The summed E-state index contributed by atoms with van der Waals surface area (Å²) in [6.07, 6.45) is -1.31. The van der Waals surface area contributed by atoms with Gasteiger partial charge in [-0.1, -0.05) is 56.1 Å². The molecule has 2 saturated heterocycles. The Morgan fingerprint density at radius 2 is 1.81 bits per heavy atom. The van der Waals surface area contributed by atoms with E-state index in [9.17, 15) is 27.6 Å². The first-order chi connectivity index (χ1) is 24.9. The number of aromatic nitrogens is 1. The van der Waals surface area contributed by atoms with Gasteiger partial charge in [0, 0.05) is 42.6 Å². The number of hydrogen-bond donors (Lipinski definition) is 0. The Hall–Kier alpha value is -3.36. The number of carbonyl (C=O) groups is 3. The highest BCUT2D eigenvalue weighted by atomic mass is 35.5. The molecule has 1 aliphatic carbocycles. The number of likely N-dealkylation sites (tertiary alicyclic amines) is 1. The summed E-state index contributed by atoms with van der Waals surface area (Å²) >= 11 is 13.5. The first kappa shape index (κ1) is 37.9. The molecule has 3 amide bonds. The summed E-state index contributed by atoms with van der Waals surface area (Å²) in [6, 6.07) is 5.75. The molecule has 0 radical (unpaired) electrons. The van der Waals surface area contributed by atoms with Crippen LogP contribution >= 0.6 is 35.0 Å². The summed E-state index contributed by atoms with van der Waals surface area (Å²) in [4.78, 5) is 57.8. The van der Waals surface area contributed by atoms with Crippen LogP contribution in [0.1, 0.15) is 83.9 Å². The molecule has 1 aromatic carbocycles. The van der Waals surface area contributed by atoms with Crippen LogP contribution in [0.3, 0.4) is 0 Å². The third kappa shape index (κ3) is 6.30. The van der Waals surface area contributed by atoms with Crippen LogP contribution < -0.4 is 0 Å². The van der Waals surface area contributed by atoms with E-state index in [4.69, 9.17) is 28.2 Å². The number of carbonyl (C=O) groups excluding carboxylic acids is 3. The van der Waals surface area contributed by atoms with Crippen LogP contribution in [0.4, 0.5) is 17.6 Å². The van der Waals surface area contributed by atoms with Gasteiger partial charge in [0.25, 0.3) is 5.91 Å². The van der Waals surface area contributed by atoms with Gasteiger partial charge in [0.1, 0.15) is 27.5 Å². The number of benzene rings is 1. The predicted octanol–water partition coefficient (Wildman–Crippen LogP) is 7.69. The highest BCUT2D eigenvalue weighted by molar-refractivity contribution is 8.18. The van der Waals surface area contributed by atoms with Gasteiger partial charge in [0.2, 0.25) is 5.91 Å². The molecule has 2 aromatic rings. The molecule has 1 aromatic heterocycles. The fourth-order valence-electron chi connectivity index (χ4n) is 8.53. The molecule has 9 nitrogen and oxygen atoms in total. The summed E-state index contributed by atoms with van der Waals surface area (Å²) in [7, 11) is 0. The predicted molar refractivity (Wildman–Crippen MR) is 194 cm³/mol. The SMILES string of the molecule is CC[C@H]1CN(C(=O)C(F)(F)F)C2(CC2)CN1C(=O)[C@@H]1CC[C@@H](C)N1C(=O)C1=C(C(C)C)N2C(=N[C@@](C)(c3ccc(Cl)nc3)[C@H]2c2ccc(Cl)c(F)c2)S1. The summed E-state index contributed by atoms with van der Waals surface area (Å²) < 4.78 is 55.8. The smallest absolute Gasteiger partial charge is 0.334 e.